The van der Waals surface area contributed by atoms with E-state index in [9.17, 15) is 14.9 Å². The first kappa shape index (κ1) is 14.6. The number of non-ortho nitro benzene ring substituents is 1. The Morgan fingerprint density at radius 1 is 1.43 bits per heavy atom. The maximum Gasteiger partial charge on any atom is 0.269 e. The van der Waals surface area contributed by atoms with Crippen molar-refractivity contribution in [3.8, 4) is 0 Å². The molecule has 1 N–H and O–H groups in total. The Labute approximate surface area is 121 Å². The van der Waals surface area contributed by atoms with Crippen LogP contribution in [0.3, 0.4) is 0 Å². The molecule has 0 atom stereocenters. The highest BCUT2D eigenvalue weighted by Gasteiger charge is 2.18. The van der Waals surface area contributed by atoms with Gasteiger partial charge in [-0.3, -0.25) is 20.0 Å². The van der Waals surface area contributed by atoms with E-state index in [1.54, 1.807) is 20.9 Å². The molecule has 0 radical (unpaired) electrons. The average Bonchev–Trinajstić information content (AvgIpc) is 2.83. The van der Waals surface area contributed by atoms with Crippen molar-refractivity contribution in [2.24, 2.45) is 0 Å². The van der Waals surface area contributed by atoms with Crippen LogP contribution in [-0.4, -0.2) is 38.0 Å². The number of carbonyl (C=O) groups is 1. The summed E-state index contributed by atoms with van der Waals surface area (Å²) in [7, 11) is 1.63. The largest absolute Gasteiger partial charge is 0.334 e. The number of nitro benzene ring substituents is 1. The zero-order valence-electron chi connectivity index (χ0n) is 12.0. The van der Waals surface area contributed by atoms with Gasteiger partial charge in [0.2, 0.25) is 0 Å². The maximum absolute atomic E-state index is 12.3. The summed E-state index contributed by atoms with van der Waals surface area (Å²) in [4.78, 5) is 28.2. The van der Waals surface area contributed by atoms with E-state index in [-0.39, 0.29) is 18.1 Å². The number of benzene rings is 1. The van der Waals surface area contributed by atoms with Crippen LogP contribution in [0.4, 0.5) is 5.69 Å². The Kier molecular flexibility index (Phi) is 3.97. The summed E-state index contributed by atoms with van der Waals surface area (Å²) in [6.45, 7) is 3.71. The molecule has 0 aliphatic carbocycles. The lowest BCUT2D eigenvalue weighted by Crippen LogP contribution is -2.27. The number of hydrogen-bond acceptors (Lipinski definition) is 5. The molecule has 0 saturated carbocycles. The Hall–Kier alpha value is -2.77. The van der Waals surface area contributed by atoms with Crippen LogP contribution >= 0.6 is 0 Å². The van der Waals surface area contributed by atoms with Gasteiger partial charge in [0.1, 0.15) is 5.82 Å². The molecule has 2 rings (SSSR count). The first-order chi connectivity index (χ1) is 9.88. The van der Waals surface area contributed by atoms with Crippen molar-refractivity contribution >= 4 is 11.6 Å². The fraction of sp³-hybridized carbons (Fsp3) is 0.308. The molecule has 0 saturated heterocycles. The summed E-state index contributed by atoms with van der Waals surface area (Å²) in [6, 6.07) is 4.18. The van der Waals surface area contributed by atoms with E-state index >= 15 is 0 Å². The lowest BCUT2D eigenvalue weighted by Gasteiger charge is -2.16. The number of aromatic amines is 1. The predicted molar refractivity (Wildman–Crippen MR) is 74.8 cm³/mol. The van der Waals surface area contributed by atoms with Gasteiger partial charge < -0.3 is 4.90 Å². The molecule has 0 spiro atoms. The van der Waals surface area contributed by atoms with Gasteiger partial charge in [0, 0.05) is 24.7 Å². The van der Waals surface area contributed by atoms with Crippen LogP contribution in [0.2, 0.25) is 0 Å². The van der Waals surface area contributed by atoms with Crippen LogP contribution < -0.4 is 0 Å². The van der Waals surface area contributed by atoms with Crippen molar-refractivity contribution in [1.29, 1.82) is 0 Å². The minimum atomic E-state index is -0.485. The van der Waals surface area contributed by atoms with Crippen molar-refractivity contribution in [2.45, 2.75) is 20.4 Å². The number of nitro groups is 1. The fourth-order valence-corrected chi connectivity index (χ4v) is 1.95. The third-order valence-electron chi connectivity index (χ3n) is 3.02. The van der Waals surface area contributed by atoms with Crippen LogP contribution in [0.25, 0.3) is 0 Å². The first-order valence-corrected chi connectivity index (χ1v) is 6.27. The predicted octanol–water partition coefficient (Wildman–Crippen LogP) is 1.60. The van der Waals surface area contributed by atoms with E-state index in [0.29, 0.717) is 22.8 Å². The van der Waals surface area contributed by atoms with E-state index in [2.05, 4.69) is 15.2 Å². The smallest absolute Gasteiger partial charge is 0.269 e. The van der Waals surface area contributed by atoms with Gasteiger partial charge in [-0.15, -0.1) is 0 Å². The quantitative estimate of drug-likeness (QED) is 0.680. The minimum absolute atomic E-state index is 0.0312. The number of H-pyrrole nitrogens is 1. The molecule has 1 amide bonds. The molecular weight excluding hydrogens is 274 g/mol. The average molecular weight is 289 g/mol. The van der Waals surface area contributed by atoms with Crippen LogP contribution in [0.15, 0.2) is 18.2 Å². The standard InChI is InChI=1S/C13H15N5O3/c1-8-6-10(18(20)21)4-5-11(8)13(19)17(3)7-12-14-9(2)15-16-12/h4-6H,7H2,1-3H3,(H,14,15,16). The highest BCUT2D eigenvalue weighted by molar-refractivity contribution is 5.95. The normalized spacial score (nSPS) is 10.4. The van der Waals surface area contributed by atoms with Gasteiger partial charge in [-0.25, -0.2) is 4.98 Å². The topological polar surface area (TPSA) is 105 Å². The second-order valence-electron chi connectivity index (χ2n) is 4.75. The number of rotatable bonds is 4. The molecule has 1 heterocycles. The number of nitrogens with zero attached hydrogens (tertiary/aromatic N) is 4. The number of carbonyl (C=O) groups excluding carboxylic acids is 1. The fourth-order valence-electron chi connectivity index (χ4n) is 1.95. The Morgan fingerprint density at radius 3 is 2.67 bits per heavy atom. The van der Waals surface area contributed by atoms with Gasteiger partial charge in [-0.1, -0.05) is 0 Å². The Bertz CT molecular complexity index is 695. The number of nitrogens with one attached hydrogen (secondary N) is 1. The van der Waals surface area contributed by atoms with E-state index in [4.69, 9.17) is 0 Å². The SMILES string of the molecule is Cc1nc(CN(C)C(=O)c2ccc([N+](=O)[O-])cc2C)n[nH]1. The lowest BCUT2D eigenvalue weighted by molar-refractivity contribution is -0.384. The maximum atomic E-state index is 12.3. The molecule has 8 nitrogen and oxygen atoms in total. The number of hydrogen-bond donors (Lipinski definition) is 1. The summed E-state index contributed by atoms with van der Waals surface area (Å²) in [5.41, 5.74) is 0.957. The zero-order chi connectivity index (χ0) is 15.6. The lowest BCUT2D eigenvalue weighted by atomic mass is 10.1. The van der Waals surface area contributed by atoms with E-state index in [1.807, 2.05) is 0 Å². The Balaban J connectivity index is 2.17. The molecule has 1 aromatic heterocycles. The molecule has 0 bridgehead atoms. The van der Waals surface area contributed by atoms with Gasteiger partial charge in [0.25, 0.3) is 11.6 Å². The molecule has 110 valence electrons. The number of amides is 1. The van der Waals surface area contributed by atoms with Gasteiger partial charge in [-0.05, 0) is 25.5 Å². The third-order valence-corrected chi connectivity index (χ3v) is 3.02. The van der Waals surface area contributed by atoms with Crippen LogP contribution in [-0.2, 0) is 6.54 Å². The number of aromatic nitrogens is 3. The van der Waals surface area contributed by atoms with Crippen LogP contribution in [0, 0.1) is 24.0 Å². The first-order valence-electron chi connectivity index (χ1n) is 6.27. The number of aryl methyl sites for hydroxylation is 2. The third kappa shape index (κ3) is 3.22. The van der Waals surface area contributed by atoms with Crippen LogP contribution in [0.1, 0.15) is 27.6 Å². The van der Waals surface area contributed by atoms with Crippen molar-refractivity contribution in [1.82, 2.24) is 20.1 Å². The highest BCUT2D eigenvalue weighted by Crippen LogP contribution is 2.18. The molecule has 2 aromatic rings. The molecule has 0 unspecified atom stereocenters. The van der Waals surface area contributed by atoms with Crippen molar-refractivity contribution in [2.75, 3.05) is 7.05 Å². The van der Waals surface area contributed by atoms with Gasteiger partial charge in [-0.2, -0.15) is 5.10 Å². The molecule has 0 aliphatic rings. The van der Waals surface area contributed by atoms with Gasteiger partial charge in [0.15, 0.2) is 5.82 Å². The summed E-state index contributed by atoms with van der Waals surface area (Å²) < 4.78 is 0. The minimum Gasteiger partial charge on any atom is -0.334 e. The van der Waals surface area contributed by atoms with Crippen molar-refractivity contribution in [3.05, 3.63) is 51.1 Å². The summed E-state index contributed by atoms with van der Waals surface area (Å²) >= 11 is 0. The molecule has 8 heteroatoms. The Morgan fingerprint density at radius 2 is 2.14 bits per heavy atom. The van der Waals surface area contributed by atoms with Gasteiger partial charge in [0.05, 0.1) is 11.5 Å². The van der Waals surface area contributed by atoms with Gasteiger partial charge >= 0.3 is 0 Å². The van der Waals surface area contributed by atoms with E-state index in [0.717, 1.165) is 0 Å². The van der Waals surface area contributed by atoms with Crippen LogP contribution in [0.5, 0.6) is 0 Å². The summed E-state index contributed by atoms with van der Waals surface area (Å²) in [5, 5.41) is 17.4. The van der Waals surface area contributed by atoms with Crippen molar-refractivity contribution < 1.29 is 9.72 Å². The van der Waals surface area contributed by atoms with E-state index < -0.39 is 4.92 Å². The van der Waals surface area contributed by atoms with E-state index in [1.165, 1.54) is 23.1 Å². The molecular formula is C13H15N5O3. The summed E-state index contributed by atoms with van der Waals surface area (Å²) in [6.07, 6.45) is 0. The zero-order valence-corrected chi connectivity index (χ0v) is 12.0. The van der Waals surface area contributed by atoms with Crippen molar-refractivity contribution in [3.63, 3.8) is 0 Å². The highest BCUT2D eigenvalue weighted by atomic mass is 16.6. The molecule has 0 fully saturated rings. The molecule has 21 heavy (non-hydrogen) atoms. The second-order valence-corrected chi connectivity index (χ2v) is 4.75. The monoisotopic (exact) mass is 289 g/mol. The second kappa shape index (κ2) is 5.70. The summed E-state index contributed by atoms with van der Waals surface area (Å²) in [5.74, 6) is 0.963. The molecule has 0 aliphatic heterocycles. The molecule has 1 aromatic carbocycles.